The quantitative estimate of drug-likeness (QED) is 0.638. The molecule has 0 aliphatic rings. The Morgan fingerprint density at radius 2 is 1.64 bits per heavy atom. The summed E-state index contributed by atoms with van der Waals surface area (Å²) in [7, 11) is 0. The van der Waals surface area contributed by atoms with E-state index in [9.17, 15) is 4.79 Å². The maximum atomic E-state index is 10.3. The number of hydrogen-bond donors (Lipinski definition) is 2. The van der Waals surface area contributed by atoms with Gasteiger partial charge < -0.3 is 15.0 Å². The van der Waals surface area contributed by atoms with Crippen LogP contribution >= 0.6 is 0 Å². The minimum absolute atomic E-state index is 0.125. The topological polar surface area (TPSA) is 57.5 Å². The van der Waals surface area contributed by atoms with Crippen LogP contribution in [0.1, 0.15) is 27.2 Å². The van der Waals surface area contributed by atoms with Crippen molar-refractivity contribution in [1.82, 2.24) is 0 Å². The molecule has 3 nitrogen and oxygen atoms in total. The monoisotopic (exact) mass is 162 g/mol. The second-order valence-electron chi connectivity index (χ2n) is 2.75. The van der Waals surface area contributed by atoms with E-state index in [2.05, 4.69) is 0 Å². The smallest absolute Gasteiger partial charge is 0.130 e. The van der Waals surface area contributed by atoms with Crippen molar-refractivity contribution < 1.29 is 15.0 Å². The van der Waals surface area contributed by atoms with Gasteiger partial charge in [-0.05, 0) is 12.8 Å². The van der Waals surface area contributed by atoms with Crippen molar-refractivity contribution in [2.75, 3.05) is 13.2 Å². The molecule has 0 radical (unpaired) electrons. The Morgan fingerprint density at radius 1 is 1.27 bits per heavy atom. The molecular weight excluding hydrogens is 144 g/mol. The van der Waals surface area contributed by atoms with Gasteiger partial charge in [0, 0.05) is 6.42 Å². The average Bonchev–Trinajstić information content (AvgIpc) is 1.85. The van der Waals surface area contributed by atoms with Gasteiger partial charge in [0.1, 0.15) is 5.78 Å². The number of carbonyl (C=O) groups excluding carboxylic acids is 1. The molecule has 0 aromatic heterocycles. The Bertz CT molecular complexity index is 87.3. The summed E-state index contributed by atoms with van der Waals surface area (Å²) in [5.74, 6) is 0.813. The van der Waals surface area contributed by atoms with Gasteiger partial charge >= 0.3 is 0 Å². The zero-order valence-corrected chi connectivity index (χ0v) is 7.50. The minimum atomic E-state index is -0.125. The van der Waals surface area contributed by atoms with Crippen molar-refractivity contribution in [3.05, 3.63) is 0 Å². The molecule has 0 heterocycles. The molecule has 0 aliphatic heterocycles. The molecule has 0 spiro atoms. The van der Waals surface area contributed by atoms with E-state index >= 15 is 0 Å². The Balaban J connectivity index is 0. The highest BCUT2D eigenvalue weighted by molar-refractivity contribution is 5.75. The molecule has 68 valence electrons. The fourth-order valence-electron chi connectivity index (χ4n) is 0.575. The second-order valence-corrected chi connectivity index (χ2v) is 2.75. The molecule has 3 heteroatoms. The van der Waals surface area contributed by atoms with Crippen molar-refractivity contribution in [1.29, 1.82) is 0 Å². The Kier molecular flexibility index (Phi) is 11.5. The summed E-state index contributed by atoms with van der Waals surface area (Å²) in [6.07, 6.45) is 0.722. The number of ketones is 1. The van der Waals surface area contributed by atoms with Gasteiger partial charge in [-0.1, -0.05) is 13.8 Å². The van der Waals surface area contributed by atoms with E-state index in [0.29, 0.717) is 5.92 Å². The number of aliphatic hydroxyl groups excluding tert-OH is 2. The van der Waals surface area contributed by atoms with Crippen LogP contribution in [0.25, 0.3) is 0 Å². The molecule has 0 aliphatic carbocycles. The first kappa shape index (κ1) is 13.2. The summed E-state index contributed by atoms with van der Waals surface area (Å²) in [5, 5.41) is 15.2. The van der Waals surface area contributed by atoms with E-state index in [4.69, 9.17) is 10.2 Å². The van der Waals surface area contributed by atoms with E-state index in [-0.39, 0.29) is 19.0 Å². The first-order chi connectivity index (χ1) is 5.04. The van der Waals surface area contributed by atoms with Gasteiger partial charge in [0.15, 0.2) is 0 Å². The molecule has 2 N–H and O–H groups in total. The number of Topliss-reactive ketones (excluding diaryl/α,β-unsaturated/α-hetero) is 1. The molecule has 11 heavy (non-hydrogen) atoms. The van der Waals surface area contributed by atoms with E-state index < -0.39 is 0 Å². The van der Waals surface area contributed by atoms with Crippen molar-refractivity contribution >= 4 is 5.78 Å². The number of rotatable bonds is 3. The first-order valence-electron chi connectivity index (χ1n) is 3.75. The van der Waals surface area contributed by atoms with Crippen LogP contribution in [0, 0.1) is 5.92 Å². The molecule has 0 aromatic rings. The third-order valence-electron chi connectivity index (χ3n) is 0.796. The molecule has 0 bridgehead atoms. The fraction of sp³-hybridized carbons (Fsp3) is 0.875. The van der Waals surface area contributed by atoms with Gasteiger partial charge in [-0.25, -0.2) is 0 Å². The van der Waals surface area contributed by atoms with E-state index in [1.165, 1.54) is 0 Å². The molecule has 0 amide bonds. The summed E-state index contributed by atoms with van der Waals surface area (Å²) in [6, 6.07) is 0. The van der Waals surface area contributed by atoms with E-state index in [1.807, 2.05) is 13.8 Å². The Hall–Kier alpha value is -0.410. The highest BCUT2D eigenvalue weighted by atomic mass is 16.3. The summed E-state index contributed by atoms with van der Waals surface area (Å²) in [4.78, 5) is 10.3. The highest BCUT2D eigenvalue weighted by Crippen LogP contribution is 1.97. The molecule has 0 aromatic carbocycles. The van der Waals surface area contributed by atoms with Gasteiger partial charge in [-0.3, -0.25) is 0 Å². The highest BCUT2D eigenvalue weighted by Gasteiger charge is 1.95. The third kappa shape index (κ3) is 26.2. The summed E-state index contributed by atoms with van der Waals surface area (Å²) in [6.45, 7) is 5.46. The maximum absolute atomic E-state index is 10.3. The van der Waals surface area contributed by atoms with Gasteiger partial charge in [0.2, 0.25) is 0 Å². The number of aliphatic hydroxyl groups is 2. The Morgan fingerprint density at radius 3 is 1.64 bits per heavy atom. The van der Waals surface area contributed by atoms with Crippen LogP contribution in [0.2, 0.25) is 0 Å². The van der Waals surface area contributed by atoms with Crippen molar-refractivity contribution in [2.45, 2.75) is 27.2 Å². The summed E-state index contributed by atoms with van der Waals surface area (Å²) >= 11 is 0. The Labute approximate surface area is 68.0 Å². The van der Waals surface area contributed by atoms with E-state index in [0.717, 1.165) is 6.42 Å². The lowest BCUT2D eigenvalue weighted by Gasteiger charge is -1.95. The molecular formula is C8H18O3. The van der Waals surface area contributed by atoms with Gasteiger partial charge in [0.05, 0.1) is 13.2 Å². The maximum Gasteiger partial charge on any atom is 0.130 e. The van der Waals surface area contributed by atoms with Crippen LogP contribution in [-0.4, -0.2) is 29.2 Å². The summed E-state index contributed by atoms with van der Waals surface area (Å²) < 4.78 is 0. The first-order valence-corrected chi connectivity index (χ1v) is 3.75. The number of hydrogen-bond acceptors (Lipinski definition) is 3. The van der Waals surface area contributed by atoms with Crippen LogP contribution < -0.4 is 0 Å². The lowest BCUT2D eigenvalue weighted by atomic mass is 10.1. The van der Waals surface area contributed by atoms with Gasteiger partial charge in [-0.15, -0.1) is 0 Å². The fourth-order valence-corrected chi connectivity index (χ4v) is 0.575. The van der Waals surface area contributed by atoms with E-state index in [1.54, 1.807) is 6.92 Å². The van der Waals surface area contributed by atoms with Crippen LogP contribution in [0.5, 0.6) is 0 Å². The van der Waals surface area contributed by atoms with Crippen LogP contribution in [-0.2, 0) is 4.79 Å². The standard InChI is InChI=1S/C6H12O.C2H6O2/c1-5(2)4-6(3)7;3-1-2-4/h5H,4H2,1-3H3;3-4H,1-2H2. The van der Waals surface area contributed by atoms with Gasteiger partial charge in [0.25, 0.3) is 0 Å². The van der Waals surface area contributed by atoms with Crippen LogP contribution in [0.15, 0.2) is 0 Å². The van der Waals surface area contributed by atoms with Crippen LogP contribution in [0.4, 0.5) is 0 Å². The molecule has 0 saturated carbocycles. The molecule has 0 saturated heterocycles. The molecule has 0 fully saturated rings. The lowest BCUT2D eigenvalue weighted by molar-refractivity contribution is -0.117. The second kappa shape index (κ2) is 9.59. The largest absolute Gasteiger partial charge is 0.394 e. The SMILES string of the molecule is CC(=O)CC(C)C.OCCO. The predicted molar refractivity (Wildman–Crippen MR) is 44.3 cm³/mol. The minimum Gasteiger partial charge on any atom is -0.394 e. The zero-order valence-electron chi connectivity index (χ0n) is 7.50. The zero-order chi connectivity index (χ0) is 9.28. The van der Waals surface area contributed by atoms with Crippen molar-refractivity contribution in [3.8, 4) is 0 Å². The predicted octanol–water partition coefficient (Wildman–Crippen LogP) is 0.593. The molecule has 0 atom stereocenters. The third-order valence-corrected chi connectivity index (χ3v) is 0.796. The summed E-state index contributed by atoms with van der Waals surface area (Å²) in [5.41, 5.74) is 0. The van der Waals surface area contributed by atoms with Gasteiger partial charge in [-0.2, -0.15) is 0 Å². The normalized spacial score (nSPS) is 8.91. The number of carbonyl (C=O) groups is 1. The van der Waals surface area contributed by atoms with Crippen molar-refractivity contribution in [3.63, 3.8) is 0 Å². The lowest BCUT2D eigenvalue weighted by Crippen LogP contribution is -1.95. The average molecular weight is 162 g/mol. The molecule has 0 unspecified atom stereocenters. The van der Waals surface area contributed by atoms with Crippen LogP contribution in [0.3, 0.4) is 0 Å². The molecule has 0 rings (SSSR count). The van der Waals surface area contributed by atoms with Crippen molar-refractivity contribution in [2.24, 2.45) is 5.92 Å².